The van der Waals surface area contributed by atoms with Crippen molar-refractivity contribution in [3.63, 3.8) is 0 Å². The topological polar surface area (TPSA) is 73.2 Å². The molecule has 0 saturated heterocycles. The van der Waals surface area contributed by atoms with Gasteiger partial charge in [0.25, 0.3) is 5.56 Å². The van der Waals surface area contributed by atoms with Crippen molar-refractivity contribution in [3.8, 4) is 17.0 Å². The first-order valence-electron chi connectivity index (χ1n) is 8.94. The van der Waals surface area contributed by atoms with Crippen LogP contribution in [-0.2, 0) is 11.3 Å². The van der Waals surface area contributed by atoms with Gasteiger partial charge >= 0.3 is 0 Å². The number of halogens is 2. The molecule has 0 atom stereocenters. The Balaban J connectivity index is 1.61. The van der Waals surface area contributed by atoms with Crippen molar-refractivity contribution in [2.45, 2.75) is 19.4 Å². The van der Waals surface area contributed by atoms with E-state index in [1.54, 1.807) is 31.4 Å². The SMILES string of the molecule is COc1ccc(-c2ccc(=O)n(CCCC(=O)Nc3ccc(Cl)cc3Cl)n2)cc1. The van der Waals surface area contributed by atoms with Crippen LogP contribution in [0.1, 0.15) is 12.8 Å². The van der Waals surface area contributed by atoms with Crippen LogP contribution in [0.4, 0.5) is 5.69 Å². The third-order valence-corrected chi connectivity index (χ3v) is 4.78. The summed E-state index contributed by atoms with van der Waals surface area (Å²) in [4.78, 5) is 24.2. The van der Waals surface area contributed by atoms with Gasteiger partial charge in [0.1, 0.15) is 5.75 Å². The molecule has 0 unspecified atom stereocenters. The van der Waals surface area contributed by atoms with Crippen LogP contribution in [0, 0.1) is 0 Å². The maximum Gasteiger partial charge on any atom is 0.266 e. The van der Waals surface area contributed by atoms with Gasteiger partial charge in [-0.2, -0.15) is 5.10 Å². The number of hydrogen-bond donors (Lipinski definition) is 1. The van der Waals surface area contributed by atoms with Gasteiger partial charge in [-0.05, 0) is 55.0 Å². The van der Waals surface area contributed by atoms with Crippen LogP contribution >= 0.6 is 23.2 Å². The lowest BCUT2D eigenvalue weighted by Crippen LogP contribution is -2.23. The predicted molar refractivity (Wildman–Crippen MR) is 115 cm³/mol. The normalized spacial score (nSPS) is 10.6. The summed E-state index contributed by atoms with van der Waals surface area (Å²) < 4.78 is 6.51. The maximum absolute atomic E-state index is 12.2. The van der Waals surface area contributed by atoms with E-state index in [9.17, 15) is 9.59 Å². The summed E-state index contributed by atoms with van der Waals surface area (Å²) in [6.45, 7) is 0.324. The zero-order chi connectivity index (χ0) is 20.8. The fourth-order valence-electron chi connectivity index (χ4n) is 2.72. The molecule has 1 amide bonds. The second kappa shape index (κ2) is 9.58. The summed E-state index contributed by atoms with van der Waals surface area (Å²) in [5.74, 6) is 0.544. The molecule has 0 fully saturated rings. The van der Waals surface area contributed by atoms with Gasteiger partial charge in [-0.1, -0.05) is 23.2 Å². The highest BCUT2D eigenvalue weighted by molar-refractivity contribution is 6.36. The summed E-state index contributed by atoms with van der Waals surface area (Å²) in [6, 6.07) is 15.4. The fraction of sp³-hybridized carbons (Fsp3) is 0.190. The highest BCUT2D eigenvalue weighted by Crippen LogP contribution is 2.25. The molecular formula is C21H19Cl2N3O3. The zero-order valence-electron chi connectivity index (χ0n) is 15.7. The molecule has 8 heteroatoms. The van der Waals surface area contributed by atoms with E-state index in [2.05, 4.69) is 10.4 Å². The average molecular weight is 432 g/mol. The van der Waals surface area contributed by atoms with Crippen LogP contribution in [0.5, 0.6) is 5.75 Å². The van der Waals surface area contributed by atoms with Gasteiger partial charge in [0.05, 0.1) is 23.5 Å². The number of aromatic nitrogens is 2. The Morgan fingerprint density at radius 1 is 1.10 bits per heavy atom. The van der Waals surface area contributed by atoms with E-state index >= 15 is 0 Å². The highest BCUT2D eigenvalue weighted by Gasteiger charge is 2.08. The lowest BCUT2D eigenvalue weighted by molar-refractivity contribution is -0.116. The average Bonchev–Trinajstić information content (AvgIpc) is 2.71. The first-order chi connectivity index (χ1) is 14.0. The minimum Gasteiger partial charge on any atom is -0.497 e. The molecule has 3 aromatic rings. The number of amides is 1. The van der Waals surface area contributed by atoms with Gasteiger partial charge in [-0.15, -0.1) is 0 Å². The van der Waals surface area contributed by atoms with Gasteiger partial charge in [-0.25, -0.2) is 4.68 Å². The number of anilines is 1. The van der Waals surface area contributed by atoms with Crippen LogP contribution in [0.2, 0.25) is 10.0 Å². The first-order valence-corrected chi connectivity index (χ1v) is 9.69. The molecular weight excluding hydrogens is 413 g/mol. The minimum absolute atomic E-state index is 0.200. The van der Waals surface area contributed by atoms with E-state index in [4.69, 9.17) is 27.9 Å². The quantitative estimate of drug-likeness (QED) is 0.590. The summed E-state index contributed by atoms with van der Waals surface area (Å²) >= 11 is 11.9. The lowest BCUT2D eigenvalue weighted by Gasteiger charge is -2.09. The van der Waals surface area contributed by atoms with Crippen LogP contribution in [0.3, 0.4) is 0 Å². The van der Waals surface area contributed by atoms with E-state index in [0.717, 1.165) is 11.3 Å². The largest absolute Gasteiger partial charge is 0.497 e. The van der Waals surface area contributed by atoms with Gasteiger partial charge in [-0.3, -0.25) is 9.59 Å². The Labute approximate surface area is 178 Å². The lowest BCUT2D eigenvalue weighted by atomic mass is 10.1. The van der Waals surface area contributed by atoms with E-state index in [-0.39, 0.29) is 17.9 Å². The van der Waals surface area contributed by atoms with Crippen molar-refractivity contribution in [1.82, 2.24) is 9.78 Å². The van der Waals surface area contributed by atoms with Crippen molar-refractivity contribution in [3.05, 3.63) is 75.0 Å². The van der Waals surface area contributed by atoms with Gasteiger partial charge in [0.2, 0.25) is 5.91 Å². The van der Waals surface area contributed by atoms with E-state index in [1.807, 2.05) is 24.3 Å². The van der Waals surface area contributed by atoms with E-state index in [0.29, 0.717) is 34.4 Å². The van der Waals surface area contributed by atoms with Crippen LogP contribution in [0.25, 0.3) is 11.3 Å². The molecule has 6 nitrogen and oxygen atoms in total. The Kier molecular flexibility index (Phi) is 6.90. The number of benzene rings is 2. The molecule has 29 heavy (non-hydrogen) atoms. The number of hydrogen-bond acceptors (Lipinski definition) is 4. The molecule has 1 heterocycles. The third kappa shape index (κ3) is 5.59. The minimum atomic E-state index is -0.219. The number of carbonyl (C=O) groups is 1. The first kappa shape index (κ1) is 20.9. The van der Waals surface area contributed by atoms with Crippen molar-refractivity contribution >= 4 is 34.8 Å². The summed E-state index contributed by atoms with van der Waals surface area (Å²) in [7, 11) is 1.60. The molecule has 0 aliphatic heterocycles. The molecule has 2 aromatic carbocycles. The second-order valence-electron chi connectivity index (χ2n) is 6.28. The molecule has 3 rings (SSSR count). The molecule has 0 radical (unpaired) electrons. The third-order valence-electron chi connectivity index (χ3n) is 4.23. The number of nitrogens with zero attached hydrogens (tertiary/aromatic N) is 2. The number of aryl methyl sites for hydroxylation is 1. The standard InChI is InChI=1S/C21H19Cl2N3O3/c1-29-16-7-4-14(5-8-16)18-10-11-21(28)26(25-18)12-2-3-20(27)24-19-9-6-15(22)13-17(19)23/h4-11,13H,2-3,12H2,1H3,(H,24,27). The number of ether oxygens (including phenoxy) is 1. The van der Waals surface area contributed by atoms with E-state index < -0.39 is 0 Å². The molecule has 0 aliphatic rings. The molecule has 150 valence electrons. The predicted octanol–water partition coefficient (Wildman–Crippen LogP) is 4.64. The van der Waals surface area contributed by atoms with Gasteiger partial charge in [0, 0.05) is 29.6 Å². The molecule has 0 spiro atoms. The van der Waals surface area contributed by atoms with Gasteiger partial charge in [0.15, 0.2) is 0 Å². The summed E-state index contributed by atoms with van der Waals surface area (Å²) in [6.07, 6.45) is 0.676. The van der Waals surface area contributed by atoms with Crippen LogP contribution in [0.15, 0.2) is 59.4 Å². The highest BCUT2D eigenvalue weighted by atomic mass is 35.5. The van der Waals surface area contributed by atoms with Crippen molar-refractivity contribution in [2.24, 2.45) is 0 Å². The number of methoxy groups -OCH3 is 1. The van der Waals surface area contributed by atoms with Crippen molar-refractivity contribution in [1.29, 1.82) is 0 Å². The van der Waals surface area contributed by atoms with Crippen LogP contribution in [-0.4, -0.2) is 22.8 Å². The molecule has 1 aromatic heterocycles. The molecule has 1 N–H and O–H groups in total. The fourth-order valence-corrected chi connectivity index (χ4v) is 3.17. The number of carbonyl (C=O) groups excluding carboxylic acids is 1. The molecule has 0 aliphatic carbocycles. The summed E-state index contributed by atoms with van der Waals surface area (Å²) in [5.41, 5.74) is 1.82. The molecule has 0 saturated carbocycles. The zero-order valence-corrected chi connectivity index (χ0v) is 17.2. The maximum atomic E-state index is 12.2. The van der Waals surface area contributed by atoms with Crippen molar-refractivity contribution < 1.29 is 9.53 Å². The van der Waals surface area contributed by atoms with E-state index in [1.165, 1.54) is 10.7 Å². The Bertz CT molecular complexity index is 1070. The monoisotopic (exact) mass is 431 g/mol. The Morgan fingerprint density at radius 3 is 2.55 bits per heavy atom. The van der Waals surface area contributed by atoms with Crippen molar-refractivity contribution in [2.75, 3.05) is 12.4 Å². The summed E-state index contributed by atoms with van der Waals surface area (Å²) in [5, 5.41) is 8.00. The van der Waals surface area contributed by atoms with Crippen LogP contribution < -0.4 is 15.6 Å². The second-order valence-corrected chi connectivity index (χ2v) is 7.13. The molecule has 0 bridgehead atoms. The Morgan fingerprint density at radius 2 is 1.86 bits per heavy atom. The number of rotatable bonds is 7. The van der Waals surface area contributed by atoms with Gasteiger partial charge < -0.3 is 10.1 Å². The number of nitrogens with one attached hydrogen (secondary N) is 1. The Hall–Kier alpha value is -2.83. The smallest absolute Gasteiger partial charge is 0.266 e.